The lowest BCUT2D eigenvalue weighted by Crippen LogP contribution is -2.21. The fraction of sp³-hybridized carbons (Fsp3) is 0.188. The fourth-order valence-corrected chi connectivity index (χ4v) is 3.71. The van der Waals surface area contributed by atoms with Crippen LogP contribution in [0.5, 0.6) is 17.2 Å². The topological polar surface area (TPSA) is 56.8 Å². The van der Waals surface area contributed by atoms with Crippen LogP contribution >= 0.6 is 73.9 Å². The van der Waals surface area contributed by atoms with Gasteiger partial charge >= 0.3 is 0 Å². The van der Waals surface area contributed by atoms with E-state index in [9.17, 15) is 4.79 Å². The Balaban J connectivity index is 2.19. The van der Waals surface area contributed by atoms with E-state index in [2.05, 4.69) is 21.2 Å². The lowest BCUT2D eigenvalue weighted by Gasteiger charge is -2.15. The normalized spacial score (nSPS) is 10.5. The predicted molar refractivity (Wildman–Crippen MR) is 113 cm³/mol. The number of hydrogen-bond donors (Lipinski definition) is 1. The van der Waals surface area contributed by atoms with Gasteiger partial charge in [0.05, 0.1) is 39.4 Å². The van der Waals surface area contributed by atoms with E-state index in [0.717, 1.165) is 0 Å². The minimum Gasteiger partial charge on any atom is -0.495 e. The van der Waals surface area contributed by atoms with Crippen LogP contribution in [0, 0.1) is 0 Å². The maximum atomic E-state index is 12.3. The van der Waals surface area contributed by atoms with E-state index in [-0.39, 0.29) is 30.9 Å². The Morgan fingerprint density at radius 2 is 1.44 bits per heavy atom. The summed E-state index contributed by atoms with van der Waals surface area (Å²) in [6, 6.07) is 3.25. The quantitative estimate of drug-likeness (QED) is 0.327. The standard InChI is InChI=1S/C16H11BrCl5NO4/c1-25-8-4-7(9(26-2)3-6(8)17)23-10(24)5-27-16-14(21)12(19)11(18)13(20)15(16)22/h3-4H,5H2,1-2H3,(H,23,24). The van der Waals surface area contributed by atoms with Crippen LogP contribution in [0.25, 0.3) is 0 Å². The number of carbonyl (C=O) groups excluding carboxylic acids is 1. The van der Waals surface area contributed by atoms with E-state index in [1.54, 1.807) is 12.1 Å². The van der Waals surface area contributed by atoms with Gasteiger partial charge < -0.3 is 19.5 Å². The van der Waals surface area contributed by atoms with E-state index in [4.69, 9.17) is 72.2 Å². The molecule has 5 nitrogen and oxygen atoms in total. The van der Waals surface area contributed by atoms with E-state index in [0.29, 0.717) is 21.7 Å². The van der Waals surface area contributed by atoms with Crippen molar-refractivity contribution < 1.29 is 19.0 Å². The first-order chi connectivity index (χ1) is 12.7. The second kappa shape index (κ2) is 9.63. The Hall–Kier alpha value is -0.760. The van der Waals surface area contributed by atoms with Gasteiger partial charge in [0.2, 0.25) is 0 Å². The zero-order valence-corrected chi connectivity index (χ0v) is 19.1. The molecule has 0 aliphatic rings. The molecule has 0 fully saturated rings. The molecule has 11 heteroatoms. The monoisotopic (exact) mass is 535 g/mol. The van der Waals surface area contributed by atoms with Crippen LogP contribution in [-0.2, 0) is 4.79 Å². The van der Waals surface area contributed by atoms with E-state index >= 15 is 0 Å². The molecule has 1 amide bonds. The van der Waals surface area contributed by atoms with Crippen LogP contribution in [-0.4, -0.2) is 26.7 Å². The Bertz CT molecular complexity index is 865. The number of benzene rings is 2. The lowest BCUT2D eigenvalue weighted by molar-refractivity contribution is -0.118. The molecule has 0 aromatic heterocycles. The van der Waals surface area contributed by atoms with Crippen molar-refractivity contribution in [3.63, 3.8) is 0 Å². The molecule has 0 unspecified atom stereocenters. The second-order valence-electron chi connectivity index (χ2n) is 4.92. The molecule has 0 aliphatic heterocycles. The average molecular weight is 538 g/mol. The molecular weight excluding hydrogens is 527 g/mol. The van der Waals surface area contributed by atoms with Crippen LogP contribution in [0.1, 0.15) is 0 Å². The minimum absolute atomic E-state index is 0.00294. The maximum absolute atomic E-state index is 12.3. The maximum Gasteiger partial charge on any atom is 0.262 e. The number of rotatable bonds is 6. The van der Waals surface area contributed by atoms with Crippen LogP contribution in [0.4, 0.5) is 5.69 Å². The number of carbonyl (C=O) groups is 1. The van der Waals surface area contributed by atoms with Crippen LogP contribution in [0.15, 0.2) is 16.6 Å². The van der Waals surface area contributed by atoms with E-state index in [1.807, 2.05) is 0 Å². The van der Waals surface area contributed by atoms with Crippen molar-refractivity contribution in [3.8, 4) is 17.2 Å². The molecule has 0 saturated carbocycles. The summed E-state index contributed by atoms with van der Waals surface area (Å²) in [6.07, 6.45) is 0. The predicted octanol–water partition coefficient (Wildman–Crippen LogP) is 6.75. The Kier molecular flexibility index (Phi) is 8.04. The smallest absolute Gasteiger partial charge is 0.262 e. The summed E-state index contributed by atoms with van der Waals surface area (Å²) in [5.41, 5.74) is 0.385. The Morgan fingerprint density at radius 1 is 0.926 bits per heavy atom. The van der Waals surface area contributed by atoms with Crippen molar-refractivity contribution in [2.75, 3.05) is 26.1 Å². The first-order valence-electron chi connectivity index (χ1n) is 7.06. The largest absolute Gasteiger partial charge is 0.495 e. The van der Waals surface area contributed by atoms with Crippen molar-refractivity contribution >= 4 is 85.5 Å². The number of methoxy groups -OCH3 is 2. The Morgan fingerprint density at radius 3 is 1.96 bits per heavy atom. The first-order valence-corrected chi connectivity index (χ1v) is 9.75. The van der Waals surface area contributed by atoms with Gasteiger partial charge in [-0.25, -0.2) is 0 Å². The van der Waals surface area contributed by atoms with Crippen molar-refractivity contribution in [2.45, 2.75) is 0 Å². The van der Waals surface area contributed by atoms with Gasteiger partial charge in [-0.05, 0) is 15.9 Å². The van der Waals surface area contributed by atoms with Crippen LogP contribution in [0.3, 0.4) is 0 Å². The highest BCUT2D eigenvalue weighted by molar-refractivity contribution is 9.10. The highest BCUT2D eigenvalue weighted by Gasteiger charge is 2.21. The molecule has 0 heterocycles. The summed E-state index contributed by atoms with van der Waals surface area (Å²) in [5.74, 6) is 0.374. The highest BCUT2D eigenvalue weighted by atomic mass is 79.9. The number of nitrogens with one attached hydrogen (secondary N) is 1. The van der Waals surface area contributed by atoms with E-state index < -0.39 is 12.5 Å². The van der Waals surface area contributed by atoms with Crippen molar-refractivity contribution in [2.24, 2.45) is 0 Å². The van der Waals surface area contributed by atoms with Crippen molar-refractivity contribution in [1.82, 2.24) is 0 Å². The molecule has 0 atom stereocenters. The summed E-state index contributed by atoms with van der Waals surface area (Å²) in [6.45, 7) is -0.421. The number of anilines is 1. The molecule has 0 saturated heterocycles. The second-order valence-corrected chi connectivity index (χ2v) is 7.67. The third-order valence-corrected chi connectivity index (χ3v) is 6.13. The molecule has 0 radical (unpaired) electrons. The SMILES string of the molecule is COc1cc(NC(=O)COc2c(Cl)c(Cl)c(Cl)c(Cl)c2Cl)c(OC)cc1Br. The summed E-state index contributed by atoms with van der Waals surface area (Å²) < 4.78 is 16.5. The van der Waals surface area contributed by atoms with Gasteiger partial charge in [-0.15, -0.1) is 0 Å². The zero-order chi connectivity index (χ0) is 20.3. The van der Waals surface area contributed by atoms with Crippen LogP contribution in [0.2, 0.25) is 25.1 Å². The molecule has 2 rings (SSSR count). The van der Waals surface area contributed by atoms with Gasteiger partial charge in [-0.3, -0.25) is 4.79 Å². The summed E-state index contributed by atoms with van der Waals surface area (Å²) in [5, 5.41) is 2.49. The summed E-state index contributed by atoms with van der Waals surface area (Å²) in [7, 11) is 2.97. The van der Waals surface area contributed by atoms with Gasteiger partial charge in [-0.1, -0.05) is 58.0 Å². The van der Waals surface area contributed by atoms with Gasteiger partial charge in [0, 0.05) is 12.1 Å². The molecule has 2 aromatic carbocycles. The zero-order valence-electron chi connectivity index (χ0n) is 13.8. The molecule has 146 valence electrons. The van der Waals surface area contributed by atoms with E-state index in [1.165, 1.54) is 14.2 Å². The van der Waals surface area contributed by atoms with Gasteiger partial charge in [0.25, 0.3) is 5.91 Å². The fourth-order valence-electron chi connectivity index (χ4n) is 1.99. The molecule has 27 heavy (non-hydrogen) atoms. The summed E-state index contributed by atoms with van der Waals surface area (Å²) >= 11 is 33.3. The lowest BCUT2D eigenvalue weighted by atomic mass is 10.2. The average Bonchev–Trinajstić information content (AvgIpc) is 2.65. The number of halogens is 6. The van der Waals surface area contributed by atoms with Gasteiger partial charge in [0.15, 0.2) is 12.4 Å². The molecule has 2 aromatic rings. The molecule has 0 aliphatic carbocycles. The third-order valence-electron chi connectivity index (χ3n) is 3.27. The van der Waals surface area contributed by atoms with Crippen molar-refractivity contribution in [3.05, 3.63) is 41.7 Å². The van der Waals surface area contributed by atoms with Crippen LogP contribution < -0.4 is 19.5 Å². The van der Waals surface area contributed by atoms with Crippen molar-refractivity contribution in [1.29, 1.82) is 0 Å². The summed E-state index contributed by atoms with van der Waals surface area (Å²) in [4.78, 5) is 12.3. The minimum atomic E-state index is -0.507. The molecule has 0 bridgehead atoms. The Labute approximate surface area is 188 Å². The first kappa shape index (κ1) is 22.5. The van der Waals surface area contributed by atoms with Gasteiger partial charge in [-0.2, -0.15) is 0 Å². The molecule has 0 spiro atoms. The molecular formula is C16H11BrCl5NO4. The number of ether oxygens (including phenoxy) is 3. The highest BCUT2D eigenvalue weighted by Crippen LogP contribution is 2.48. The number of amides is 1. The molecule has 1 N–H and O–H groups in total. The van der Waals surface area contributed by atoms with Gasteiger partial charge in [0.1, 0.15) is 21.5 Å². The third kappa shape index (κ3) is 5.00. The number of hydrogen-bond acceptors (Lipinski definition) is 4.